The number of aliphatic hydroxyl groups is 1. The van der Waals surface area contributed by atoms with Crippen molar-refractivity contribution in [1.29, 1.82) is 0 Å². The van der Waals surface area contributed by atoms with Gasteiger partial charge < -0.3 is 20.3 Å². The van der Waals surface area contributed by atoms with E-state index in [1.165, 1.54) is 12.8 Å². The highest BCUT2D eigenvalue weighted by Gasteiger charge is 2.35. The van der Waals surface area contributed by atoms with Gasteiger partial charge in [-0.3, -0.25) is 0 Å². The molecule has 0 saturated carbocycles. The molecule has 0 aromatic heterocycles. The van der Waals surface area contributed by atoms with Crippen LogP contribution >= 0.6 is 0 Å². The summed E-state index contributed by atoms with van der Waals surface area (Å²) in [6, 6.07) is 0. The predicted octanol–water partition coefficient (Wildman–Crippen LogP) is 1.27. The van der Waals surface area contributed by atoms with Crippen LogP contribution in [0.15, 0.2) is 0 Å². The average Bonchev–Trinajstić information content (AvgIpc) is 2.32. The molecule has 1 aliphatic heterocycles. The van der Waals surface area contributed by atoms with Gasteiger partial charge in [-0.25, -0.2) is 0 Å². The normalized spacial score (nSPS) is 32.6. The Morgan fingerprint density at radius 2 is 2.00 bits per heavy atom. The Hall–Kier alpha value is -0.160. The highest BCUT2D eigenvalue weighted by Crippen LogP contribution is 2.25. The first kappa shape index (κ1) is 13.9. The van der Waals surface area contributed by atoms with Crippen molar-refractivity contribution in [3.05, 3.63) is 0 Å². The van der Waals surface area contributed by atoms with E-state index in [1.807, 2.05) is 0 Å². The van der Waals surface area contributed by atoms with Crippen LogP contribution in [0.3, 0.4) is 0 Å². The molecule has 0 amide bonds. The lowest BCUT2D eigenvalue weighted by atomic mass is 9.97. The first-order chi connectivity index (χ1) is 7.65. The molecule has 0 spiro atoms. The molecule has 4 heteroatoms. The lowest BCUT2D eigenvalue weighted by molar-refractivity contribution is -0.235. The number of hydrogen-bond donors (Lipinski definition) is 2. The second-order valence-corrected chi connectivity index (χ2v) is 4.82. The maximum Gasteiger partial charge on any atom is 0.160 e. The van der Waals surface area contributed by atoms with Gasteiger partial charge in [-0.2, -0.15) is 0 Å². The third-order valence-corrected chi connectivity index (χ3v) is 3.22. The summed E-state index contributed by atoms with van der Waals surface area (Å²) in [7, 11) is 0. The number of unbranched alkanes of at least 4 members (excludes halogenated alkanes) is 1. The van der Waals surface area contributed by atoms with Crippen LogP contribution in [0.4, 0.5) is 0 Å². The number of rotatable bonds is 6. The zero-order valence-electron chi connectivity index (χ0n) is 10.4. The van der Waals surface area contributed by atoms with Gasteiger partial charge in [0.25, 0.3) is 0 Å². The number of nitrogens with two attached hydrogens (primary N) is 1. The van der Waals surface area contributed by atoms with Gasteiger partial charge in [0.1, 0.15) is 0 Å². The number of ether oxygens (including phenoxy) is 2. The number of aliphatic hydroxyl groups excluding tert-OH is 1. The molecule has 0 radical (unpaired) electrons. The zero-order chi connectivity index (χ0) is 12.0. The van der Waals surface area contributed by atoms with E-state index in [4.69, 9.17) is 20.3 Å². The Labute approximate surface area is 98.1 Å². The highest BCUT2D eigenvalue weighted by atomic mass is 16.7. The van der Waals surface area contributed by atoms with Crippen LogP contribution in [0.5, 0.6) is 0 Å². The smallest absolute Gasteiger partial charge is 0.160 e. The fraction of sp³-hybridized carbons (Fsp3) is 1.00. The third kappa shape index (κ3) is 3.70. The largest absolute Gasteiger partial charge is 0.394 e. The SMILES string of the molecule is CCCCC(CC)C1OCC(N)(CO)CO1. The molecule has 1 atom stereocenters. The minimum Gasteiger partial charge on any atom is -0.394 e. The van der Waals surface area contributed by atoms with Gasteiger partial charge in [0, 0.05) is 5.92 Å². The fourth-order valence-electron chi connectivity index (χ4n) is 1.95. The Kier molecular flexibility index (Phi) is 5.69. The Balaban J connectivity index is 2.38. The molecule has 4 nitrogen and oxygen atoms in total. The van der Waals surface area contributed by atoms with Crippen LogP contribution in [0.25, 0.3) is 0 Å². The van der Waals surface area contributed by atoms with E-state index in [2.05, 4.69) is 13.8 Å². The van der Waals surface area contributed by atoms with Gasteiger partial charge in [-0.1, -0.05) is 26.7 Å². The molecule has 1 fully saturated rings. The Bertz CT molecular complexity index is 191. The Morgan fingerprint density at radius 3 is 2.44 bits per heavy atom. The van der Waals surface area contributed by atoms with Crippen molar-refractivity contribution in [2.45, 2.75) is 51.4 Å². The van der Waals surface area contributed by atoms with Gasteiger partial charge in [0.05, 0.1) is 25.4 Å². The van der Waals surface area contributed by atoms with E-state index in [1.54, 1.807) is 0 Å². The van der Waals surface area contributed by atoms with Gasteiger partial charge >= 0.3 is 0 Å². The van der Waals surface area contributed by atoms with E-state index in [-0.39, 0.29) is 12.9 Å². The van der Waals surface area contributed by atoms with Crippen molar-refractivity contribution in [3.8, 4) is 0 Å². The number of hydrogen-bond acceptors (Lipinski definition) is 4. The molecular weight excluding hydrogens is 206 g/mol. The first-order valence-electron chi connectivity index (χ1n) is 6.28. The summed E-state index contributed by atoms with van der Waals surface area (Å²) >= 11 is 0. The molecule has 16 heavy (non-hydrogen) atoms. The monoisotopic (exact) mass is 231 g/mol. The van der Waals surface area contributed by atoms with Crippen molar-refractivity contribution in [1.82, 2.24) is 0 Å². The van der Waals surface area contributed by atoms with E-state index >= 15 is 0 Å². The quantitative estimate of drug-likeness (QED) is 0.722. The molecule has 1 saturated heterocycles. The molecule has 0 aliphatic carbocycles. The van der Waals surface area contributed by atoms with Crippen molar-refractivity contribution < 1.29 is 14.6 Å². The standard InChI is InChI=1S/C12H25NO3/c1-3-5-6-10(4-2)11-15-8-12(13,7-14)9-16-11/h10-11,14H,3-9,13H2,1-2H3. The molecule has 0 aromatic carbocycles. The lowest BCUT2D eigenvalue weighted by Gasteiger charge is -2.38. The lowest BCUT2D eigenvalue weighted by Crippen LogP contribution is -2.57. The topological polar surface area (TPSA) is 64.7 Å². The molecular formula is C12H25NO3. The van der Waals surface area contributed by atoms with E-state index < -0.39 is 5.54 Å². The highest BCUT2D eigenvalue weighted by molar-refractivity contribution is 4.86. The predicted molar refractivity (Wildman–Crippen MR) is 63.0 cm³/mol. The summed E-state index contributed by atoms with van der Waals surface area (Å²) in [4.78, 5) is 0. The summed E-state index contributed by atoms with van der Waals surface area (Å²) in [5, 5.41) is 9.09. The van der Waals surface area contributed by atoms with Crippen LogP contribution in [0, 0.1) is 5.92 Å². The third-order valence-electron chi connectivity index (χ3n) is 3.22. The second kappa shape index (κ2) is 6.55. The summed E-state index contributed by atoms with van der Waals surface area (Å²) in [5.74, 6) is 0.447. The van der Waals surface area contributed by atoms with E-state index in [9.17, 15) is 0 Å². The average molecular weight is 231 g/mol. The summed E-state index contributed by atoms with van der Waals surface area (Å²) in [6.07, 6.45) is 4.45. The summed E-state index contributed by atoms with van der Waals surface area (Å²) in [5.41, 5.74) is 5.15. The van der Waals surface area contributed by atoms with Gasteiger partial charge in [0.15, 0.2) is 6.29 Å². The van der Waals surface area contributed by atoms with Gasteiger partial charge in [-0.15, -0.1) is 0 Å². The van der Waals surface area contributed by atoms with E-state index in [0.29, 0.717) is 19.1 Å². The van der Waals surface area contributed by atoms with Crippen molar-refractivity contribution in [2.24, 2.45) is 11.7 Å². The first-order valence-corrected chi connectivity index (χ1v) is 6.28. The summed E-state index contributed by atoms with van der Waals surface area (Å²) < 4.78 is 11.3. The minimum atomic E-state index is -0.709. The minimum absolute atomic E-state index is 0.0918. The fourth-order valence-corrected chi connectivity index (χ4v) is 1.95. The maximum absolute atomic E-state index is 9.09. The van der Waals surface area contributed by atoms with Crippen LogP contribution in [-0.4, -0.2) is 36.8 Å². The molecule has 1 rings (SSSR count). The van der Waals surface area contributed by atoms with Crippen molar-refractivity contribution >= 4 is 0 Å². The molecule has 0 bridgehead atoms. The zero-order valence-corrected chi connectivity index (χ0v) is 10.4. The van der Waals surface area contributed by atoms with Gasteiger partial charge in [0.2, 0.25) is 0 Å². The van der Waals surface area contributed by atoms with Crippen molar-refractivity contribution in [3.63, 3.8) is 0 Å². The molecule has 1 heterocycles. The molecule has 3 N–H and O–H groups in total. The maximum atomic E-state index is 9.09. The molecule has 96 valence electrons. The molecule has 0 aromatic rings. The van der Waals surface area contributed by atoms with E-state index in [0.717, 1.165) is 12.8 Å². The van der Waals surface area contributed by atoms with Crippen LogP contribution < -0.4 is 5.73 Å². The van der Waals surface area contributed by atoms with Gasteiger partial charge in [-0.05, 0) is 12.8 Å². The summed E-state index contributed by atoms with van der Waals surface area (Å²) in [6.45, 7) is 5.02. The Morgan fingerprint density at radius 1 is 1.38 bits per heavy atom. The van der Waals surface area contributed by atoms with Crippen LogP contribution in [0.2, 0.25) is 0 Å². The van der Waals surface area contributed by atoms with Crippen molar-refractivity contribution in [2.75, 3.05) is 19.8 Å². The van der Waals surface area contributed by atoms with Crippen LogP contribution in [0.1, 0.15) is 39.5 Å². The molecule has 1 unspecified atom stereocenters. The second-order valence-electron chi connectivity index (χ2n) is 4.82. The van der Waals surface area contributed by atoms with Crippen LogP contribution in [-0.2, 0) is 9.47 Å². The molecule has 1 aliphatic rings.